The largest absolute Gasteiger partial charge is 0.488 e. The average Bonchev–Trinajstić information content (AvgIpc) is 2.73. The predicted octanol–water partition coefficient (Wildman–Crippen LogP) is 1.61. The minimum atomic E-state index is 0.189. The van der Waals surface area contributed by atoms with Crippen molar-refractivity contribution >= 4 is 0 Å². The van der Waals surface area contributed by atoms with Gasteiger partial charge in [0.2, 0.25) is 0 Å². The highest BCUT2D eigenvalue weighted by atomic mass is 16.5. The molecule has 3 nitrogen and oxygen atoms in total. The molecule has 16 heavy (non-hydrogen) atoms. The van der Waals surface area contributed by atoms with Crippen molar-refractivity contribution < 1.29 is 9.47 Å². The third-order valence-corrected chi connectivity index (χ3v) is 2.99. The van der Waals surface area contributed by atoms with Gasteiger partial charge in [0.25, 0.3) is 0 Å². The summed E-state index contributed by atoms with van der Waals surface area (Å²) in [5.74, 6) is 1.02. The molecular weight excluding hydrogens is 202 g/mol. The van der Waals surface area contributed by atoms with Gasteiger partial charge < -0.3 is 14.8 Å². The van der Waals surface area contributed by atoms with Crippen molar-refractivity contribution in [2.75, 3.05) is 20.3 Å². The van der Waals surface area contributed by atoms with E-state index in [1.54, 1.807) is 0 Å². The molecule has 1 aliphatic heterocycles. The Labute approximate surface area is 96.8 Å². The van der Waals surface area contributed by atoms with Gasteiger partial charge in [-0.25, -0.2) is 0 Å². The van der Waals surface area contributed by atoms with Crippen LogP contribution >= 0.6 is 0 Å². The molecule has 88 valence electrons. The van der Waals surface area contributed by atoms with Crippen LogP contribution in [0, 0.1) is 0 Å². The summed E-state index contributed by atoms with van der Waals surface area (Å²) in [6.07, 6.45) is 1.16. The van der Waals surface area contributed by atoms with Crippen LogP contribution < -0.4 is 10.1 Å². The van der Waals surface area contributed by atoms with Crippen molar-refractivity contribution in [3.05, 3.63) is 29.8 Å². The third-order valence-electron chi connectivity index (χ3n) is 2.99. The van der Waals surface area contributed by atoms with Crippen molar-refractivity contribution in [1.29, 1.82) is 0 Å². The maximum absolute atomic E-state index is 5.91. The summed E-state index contributed by atoms with van der Waals surface area (Å²) in [7, 11) is 1.95. The van der Waals surface area contributed by atoms with Crippen molar-refractivity contribution in [2.24, 2.45) is 0 Å². The fourth-order valence-corrected chi connectivity index (χ4v) is 2.05. The van der Waals surface area contributed by atoms with E-state index in [0.29, 0.717) is 6.61 Å². The Kier molecular flexibility index (Phi) is 3.80. The van der Waals surface area contributed by atoms with Gasteiger partial charge in [-0.2, -0.15) is 0 Å². The second kappa shape index (κ2) is 5.32. The lowest BCUT2D eigenvalue weighted by Crippen LogP contribution is -2.43. The zero-order valence-corrected chi connectivity index (χ0v) is 9.90. The summed E-state index contributed by atoms with van der Waals surface area (Å²) < 4.78 is 11.4. The van der Waals surface area contributed by atoms with Gasteiger partial charge in [-0.3, -0.25) is 0 Å². The van der Waals surface area contributed by atoms with Crippen molar-refractivity contribution in [3.8, 4) is 5.75 Å². The average molecular weight is 221 g/mol. The molecule has 2 unspecified atom stereocenters. The predicted molar refractivity (Wildman–Crippen MR) is 63.9 cm³/mol. The summed E-state index contributed by atoms with van der Waals surface area (Å²) in [6, 6.07) is 8.48. The molecule has 0 spiro atoms. The molecular formula is C13H19NO2. The fourth-order valence-electron chi connectivity index (χ4n) is 2.05. The Morgan fingerprint density at radius 3 is 3.00 bits per heavy atom. The lowest BCUT2D eigenvalue weighted by atomic mass is 10.1. The maximum Gasteiger partial charge on any atom is 0.123 e. The molecule has 0 bridgehead atoms. The Morgan fingerprint density at radius 1 is 1.50 bits per heavy atom. The highest BCUT2D eigenvalue weighted by Gasteiger charge is 2.29. The molecule has 1 heterocycles. The van der Waals surface area contributed by atoms with Crippen LogP contribution in [-0.4, -0.2) is 32.4 Å². The van der Waals surface area contributed by atoms with Crippen LogP contribution in [0.25, 0.3) is 0 Å². The monoisotopic (exact) mass is 221 g/mol. The van der Waals surface area contributed by atoms with Crippen LogP contribution in [0.2, 0.25) is 0 Å². The quantitative estimate of drug-likeness (QED) is 0.819. The SMILES string of the molecule is CCOCC(NC)C1Cc2ccccc2O1. The van der Waals surface area contributed by atoms with E-state index in [9.17, 15) is 0 Å². The van der Waals surface area contributed by atoms with Crippen molar-refractivity contribution in [2.45, 2.75) is 25.5 Å². The molecule has 0 saturated heterocycles. The number of nitrogens with one attached hydrogen (secondary N) is 1. The normalized spacial score (nSPS) is 20.2. The summed E-state index contributed by atoms with van der Waals surface area (Å²) in [4.78, 5) is 0. The minimum Gasteiger partial charge on any atom is -0.488 e. The lowest BCUT2D eigenvalue weighted by molar-refractivity contribution is 0.0772. The zero-order chi connectivity index (χ0) is 11.4. The van der Waals surface area contributed by atoms with Crippen LogP contribution in [0.1, 0.15) is 12.5 Å². The van der Waals surface area contributed by atoms with Gasteiger partial charge in [-0.15, -0.1) is 0 Å². The van der Waals surface area contributed by atoms with E-state index < -0.39 is 0 Å². The van der Waals surface area contributed by atoms with Crippen LogP contribution in [0.5, 0.6) is 5.75 Å². The van der Waals surface area contributed by atoms with Gasteiger partial charge in [-0.05, 0) is 25.6 Å². The molecule has 1 aromatic rings. The number of ether oxygens (including phenoxy) is 2. The van der Waals surface area contributed by atoms with Gasteiger partial charge in [0.1, 0.15) is 11.9 Å². The molecule has 0 aliphatic carbocycles. The van der Waals surface area contributed by atoms with E-state index in [4.69, 9.17) is 9.47 Å². The first kappa shape index (κ1) is 11.4. The molecule has 0 saturated carbocycles. The summed E-state index contributed by atoms with van der Waals surface area (Å²) in [5, 5.41) is 3.26. The van der Waals surface area contributed by atoms with Gasteiger partial charge in [-0.1, -0.05) is 18.2 Å². The number of hydrogen-bond donors (Lipinski definition) is 1. The molecule has 0 aromatic heterocycles. The first-order chi connectivity index (χ1) is 7.85. The Bertz CT molecular complexity index is 315. The van der Waals surface area contributed by atoms with E-state index in [0.717, 1.165) is 18.8 Å². The highest BCUT2D eigenvalue weighted by molar-refractivity contribution is 5.37. The lowest BCUT2D eigenvalue weighted by Gasteiger charge is -2.22. The van der Waals surface area contributed by atoms with Crippen LogP contribution in [0.15, 0.2) is 24.3 Å². The van der Waals surface area contributed by atoms with Crippen molar-refractivity contribution in [1.82, 2.24) is 5.32 Å². The number of fused-ring (bicyclic) bond motifs is 1. The van der Waals surface area contributed by atoms with Gasteiger partial charge >= 0.3 is 0 Å². The second-order valence-electron chi connectivity index (χ2n) is 4.02. The topological polar surface area (TPSA) is 30.5 Å². The van der Waals surface area contributed by atoms with Gasteiger partial charge in [0.15, 0.2) is 0 Å². The molecule has 0 fully saturated rings. The van der Waals surface area contributed by atoms with E-state index in [1.807, 2.05) is 26.1 Å². The molecule has 1 N–H and O–H groups in total. The van der Waals surface area contributed by atoms with Crippen LogP contribution in [0.3, 0.4) is 0 Å². The number of likely N-dealkylation sites (N-methyl/N-ethyl adjacent to an activating group) is 1. The van der Waals surface area contributed by atoms with E-state index in [2.05, 4.69) is 17.4 Å². The minimum absolute atomic E-state index is 0.189. The third kappa shape index (κ3) is 2.36. The fraction of sp³-hybridized carbons (Fsp3) is 0.538. The van der Waals surface area contributed by atoms with Gasteiger partial charge in [0.05, 0.1) is 12.6 Å². The number of benzene rings is 1. The van der Waals surface area contributed by atoms with Crippen LogP contribution in [0.4, 0.5) is 0 Å². The summed E-state index contributed by atoms with van der Waals surface area (Å²) in [6.45, 7) is 3.46. The van der Waals surface area contributed by atoms with Crippen molar-refractivity contribution in [3.63, 3.8) is 0 Å². The van der Waals surface area contributed by atoms with Crippen LogP contribution in [-0.2, 0) is 11.2 Å². The highest BCUT2D eigenvalue weighted by Crippen LogP contribution is 2.29. The number of para-hydroxylation sites is 1. The smallest absolute Gasteiger partial charge is 0.123 e. The summed E-state index contributed by atoms with van der Waals surface area (Å²) in [5.41, 5.74) is 1.30. The Hall–Kier alpha value is -1.06. The number of rotatable bonds is 5. The molecule has 3 heteroatoms. The Balaban J connectivity index is 1.98. The number of hydrogen-bond acceptors (Lipinski definition) is 3. The van der Waals surface area contributed by atoms with Gasteiger partial charge in [0, 0.05) is 13.0 Å². The zero-order valence-electron chi connectivity index (χ0n) is 9.90. The second-order valence-corrected chi connectivity index (χ2v) is 4.02. The molecule has 1 aliphatic rings. The first-order valence-electron chi connectivity index (χ1n) is 5.84. The molecule has 0 amide bonds. The Morgan fingerprint density at radius 2 is 2.31 bits per heavy atom. The molecule has 2 atom stereocenters. The maximum atomic E-state index is 5.91. The standard InChI is InChI=1S/C13H19NO2/c1-3-15-9-11(14-2)13-8-10-6-4-5-7-12(10)16-13/h4-7,11,13-14H,3,8-9H2,1-2H3. The van der Waals surface area contributed by atoms with E-state index >= 15 is 0 Å². The van der Waals surface area contributed by atoms with E-state index in [1.165, 1.54) is 5.56 Å². The first-order valence-corrected chi connectivity index (χ1v) is 5.84. The molecule has 2 rings (SSSR count). The molecule has 0 radical (unpaired) electrons. The van der Waals surface area contributed by atoms with E-state index in [-0.39, 0.29) is 12.1 Å². The summed E-state index contributed by atoms with van der Waals surface area (Å²) >= 11 is 0. The molecule has 1 aromatic carbocycles.